The summed E-state index contributed by atoms with van der Waals surface area (Å²) in [4.78, 5) is 13.7. The maximum Gasteiger partial charge on any atom is 0.407 e. The normalized spacial score (nSPS) is 32.3. The molecule has 0 aromatic rings. The Hall–Kier alpha value is -0.950. The van der Waals surface area contributed by atoms with E-state index in [-0.39, 0.29) is 25.0 Å². The number of nitrogens with one attached hydrogen (secondary N) is 1. The summed E-state index contributed by atoms with van der Waals surface area (Å²) in [5.74, 6) is -2.70. The van der Waals surface area contributed by atoms with E-state index in [1.165, 1.54) is 0 Å². The number of alkyl halides is 2. The van der Waals surface area contributed by atoms with Crippen LogP contribution in [0.2, 0.25) is 0 Å². The fourth-order valence-corrected chi connectivity index (χ4v) is 3.44. The lowest BCUT2D eigenvalue weighted by Gasteiger charge is -2.44. The van der Waals surface area contributed by atoms with Gasteiger partial charge in [-0.3, -0.25) is 4.90 Å². The van der Waals surface area contributed by atoms with Gasteiger partial charge in [0.1, 0.15) is 5.60 Å². The molecule has 2 N–H and O–H groups in total. The van der Waals surface area contributed by atoms with Crippen molar-refractivity contribution in [3.05, 3.63) is 0 Å². The molecular weight excluding hydrogens is 306 g/mol. The number of aliphatic hydroxyl groups excluding tert-OH is 1. The minimum absolute atomic E-state index is 0.0943. The molecular formula is C16H28F2N2O3. The summed E-state index contributed by atoms with van der Waals surface area (Å²) >= 11 is 0. The van der Waals surface area contributed by atoms with Crippen molar-refractivity contribution in [3.8, 4) is 0 Å². The van der Waals surface area contributed by atoms with E-state index in [1.807, 2.05) is 0 Å². The van der Waals surface area contributed by atoms with Gasteiger partial charge in [-0.25, -0.2) is 13.6 Å². The predicted octanol–water partition coefficient (Wildman–Crippen LogP) is 2.52. The summed E-state index contributed by atoms with van der Waals surface area (Å²) in [5.41, 5.74) is -0.605. The molecule has 0 spiro atoms. The van der Waals surface area contributed by atoms with Crippen molar-refractivity contribution in [1.29, 1.82) is 0 Å². The van der Waals surface area contributed by atoms with Crippen LogP contribution in [0.15, 0.2) is 0 Å². The van der Waals surface area contributed by atoms with Crippen molar-refractivity contribution in [3.63, 3.8) is 0 Å². The Labute approximate surface area is 136 Å². The third-order valence-electron chi connectivity index (χ3n) is 4.38. The predicted molar refractivity (Wildman–Crippen MR) is 82.6 cm³/mol. The SMILES string of the molecule is CC(C)(C)OC(=O)NC1CCC(O)CC1N1CCCC(F)(F)C1. The Morgan fingerprint density at radius 2 is 2.04 bits per heavy atom. The number of likely N-dealkylation sites (tertiary alicyclic amines) is 1. The average molecular weight is 334 g/mol. The number of ether oxygens (including phenoxy) is 1. The van der Waals surface area contributed by atoms with Crippen LogP contribution < -0.4 is 5.32 Å². The maximum absolute atomic E-state index is 13.7. The molecule has 1 heterocycles. The number of nitrogens with zero attached hydrogens (tertiary/aromatic N) is 1. The first-order valence-corrected chi connectivity index (χ1v) is 8.35. The molecule has 0 bridgehead atoms. The quantitative estimate of drug-likeness (QED) is 0.815. The van der Waals surface area contributed by atoms with Gasteiger partial charge in [0.25, 0.3) is 5.92 Å². The fourth-order valence-electron chi connectivity index (χ4n) is 3.44. The number of rotatable bonds is 2. The lowest BCUT2D eigenvalue weighted by molar-refractivity contribution is -0.0883. The molecule has 0 radical (unpaired) electrons. The van der Waals surface area contributed by atoms with Crippen LogP contribution in [0.5, 0.6) is 0 Å². The number of hydrogen-bond donors (Lipinski definition) is 2. The molecule has 1 aliphatic heterocycles. The second kappa shape index (κ2) is 6.89. The lowest BCUT2D eigenvalue weighted by atomic mass is 9.86. The van der Waals surface area contributed by atoms with Crippen molar-refractivity contribution in [1.82, 2.24) is 10.2 Å². The second-order valence-corrected chi connectivity index (χ2v) is 7.72. The van der Waals surface area contributed by atoms with Crippen LogP contribution in [0.25, 0.3) is 0 Å². The molecule has 5 nitrogen and oxygen atoms in total. The molecule has 3 unspecified atom stereocenters. The standard InChI is InChI=1S/C16H28F2N2O3/c1-15(2,3)23-14(22)19-12-6-5-11(21)9-13(12)20-8-4-7-16(17,18)10-20/h11-13,21H,4-10H2,1-3H3,(H,19,22). The third-order valence-corrected chi connectivity index (χ3v) is 4.38. The van der Waals surface area contributed by atoms with E-state index in [4.69, 9.17) is 4.74 Å². The van der Waals surface area contributed by atoms with E-state index in [9.17, 15) is 18.7 Å². The first-order valence-electron chi connectivity index (χ1n) is 8.35. The Kier molecular flexibility index (Phi) is 5.51. The molecule has 1 amide bonds. The molecule has 134 valence electrons. The van der Waals surface area contributed by atoms with Crippen LogP contribution in [0.1, 0.15) is 52.9 Å². The molecule has 1 saturated heterocycles. The summed E-state index contributed by atoms with van der Waals surface area (Å²) in [7, 11) is 0. The molecule has 0 aromatic heterocycles. The molecule has 2 aliphatic rings. The molecule has 1 aliphatic carbocycles. The largest absolute Gasteiger partial charge is 0.444 e. The van der Waals surface area contributed by atoms with Gasteiger partial charge in [-0.05, 0) is 53.0 Å². The van der Waals surface area contributed by atoms with E-state index in [0.29, 0.717) is 32.2 Å². The summed E-state index contributed by atoms with van der Waals surface area (Å²) < 4.78 is 32.7. The zero-order valence-corrected chi connectivity index (χ0v) is 14.1. The van der Waals surface area contributed by atoms with Crippen LogP contribution in [0.4, 0.5) is 13.6 Å². The number of carbonyl (C=O) groups is 1. The highest BCUT2D eigenvalue weighted by Gasteiger charge is 2.42. The first kappa shape index (κ1) is 18.4. The van der Waals surface area contributed by atoms with Gasteiger partial charge in [-0.15, -0.1) is 0 Å². The zero-order valence-electron chi connectivity index (χ0n) is 14.1. The number of hydrogen-bond acceptors (Lipinski definition) is 4. The average Bonchev–Trinajstić information content (AvgIpc) is 2.37. The molecule has 0 aromatic carbocycles. The monoisotopic (exact) mass is 334 g/mol. The first-order chi connectivity index (χ1) is 10.6. The molecule has 2 fully saturated rings. The van der Waals surface area contributed by atoms with Crippen molar-refractivity contribution < 1.29 is 23.4 Å². The van der Waals surface area contributed by atoms with Crippen LogP contribution in [0.3, 0.4) is 0 Å². The Morgan fingerprint density at radius 1 is 1.35 bits per heavy atom. The van der Waals surface area contributed by atoms with Crippen LogP contribution in [-0.4, -0.2) is 58.9 Å². The summed E-state index contributed by atoms with van der Waals surface area (Å²) in [6.45, 7) is 5.59. The van der Waals surface area contributed by atoms with Gasteiger partial charge in [-0.2, -0.15) is 0 Å². The van der Waals surface area contributed by atoms with Crippen molar-refractivity contribution >= 4 is 6.09 Å². The van der Waals surface area contributed by atoms with Crippen molar-refractivity contribution in [2.45, 2.75) is 82.6 Å². The summed E-state index contributed by atoms with van der Waals surface area (Å²) in [5, 5.41) is 12.7. The van der Waals surface area contributed by atoms with Crippen LogP contribution >= 0.6 is 0 Å². The van der Waals surface area contributed by atoms with Gasteiger partial charge < -0.3 is 15.2 Å². The molecule has 23 heavy (non-hydrogen) atoms. The number of amides is 1. The molecule has 3 atom stereocenters. The van der Waals surface area contributed by atoms with Crippen LogP contribution in [0, 0.1) is 0 Å². The minimum atomic E-state index is -2.70. The maximum atomic E-state index is 13.7. The highest BCUT2D eigenvalue weighted by Crippen LogP contribution is 2.32. The second-order valence-electron chi connectivity index (χ2n) is 7.72. The highest BCUT2D eigenvalue weighted by molar-refractivity contribution is 5.68. The Balaban J connectivity index is 2.02. The van der Waals surface area contributed by atoms with Gasteiger partial charge in [0, 0.05) is 18.5 Å². The topological polar surface area (TPSA) is 61.8 Å². The number of halogens is 2. The van der Waals surface area contributed by atoms with E-state index >= 15 is 0 Å². The van der Waals surface area contributed by atoms with Gasteiger partial charge in [0.2, 0.25) is 0 Å². The lowest BCUT2D eigenvalue weighted by Crippen LogP contribution is -2.59. The number of piperidine rings is 1. The van der Waals surface area contributed by atoms with Gasteiger partial charge in [0.15, 0.2) is 0 Å². The van der Waals surface area contributed by atoms with Crippen molar-refractivity contribution in [2.75, 3.05) is 13.1 Å². The number of alkyl carbamates (subject to hydrolysis) is 1. The number of aliphatic hydroxyl groups is 1. The fraction of sp³-hybridized carbons (Fsp3) is 0.938. The van der Waals surface area contributed by atoms with E-state index < -0.39 is 23.7 Å². The summed E-state index contributed by atoms with van der Waals surface area (Å²) in [6.07, 6.45) is 0.812. The van der Waals surface area contributed by atoms with E-state index in [0.717, 1.165) is 0 Å². The Morgan fingerprint density at radius 3 is 2.65 bits per heavy atom. The minimum Gasteiger partial charge on any atom is -0.444 e. The zero-order chi connectivity index (χ0) is 17.3. The summed E-state index contributed by atoms with van der Waals surface area (Å²) in [6, 6.07) is -0.556. The van der Waals surface area contributed by atoms with E-state index in [1.54, 1.807) is 25.7 Å². The highest BCUT2D eigenvalue weighted by atomic mass is 19.3. The van der Waals surface area contributed by atoms with Gasteiger partial charge >= 0.3 is 6.09 Å². The van der Waals surface area contributed by atoms with Gasteiger partial charge in [0.05, 0.1) is 12.6 Å². The molecule has 1 saturated carbocycles. The van der Waals surface area contributed by atoms with E-state index in [2.05, 4.69) is 5.32 Å². The van der Waals surface area contributed by atoms with Gasteiger partial charge in [-0.1, -0.05) is 0 Å². The molecule has 2 rings (SSSR count). The van der Waals surface area contributed by atoms with Crippen LogP contribution in [-0.2, 0) is 4.74 Å². The smallest absolute Gasteiger partial charge is 0.407 e. The Bertz CT molecular complexity index is 426. The third kappa shape index (κ3) is 5.57. The molecule has 7 heteroatoms. The number of carbonyl (C=O) groups excluding carboxylic acids is 1. The van der Waals surface area contributed by atoms with Crippen molar-refractivity contribution in [2.24, 2.45) is 0 Å².